The van der Waals surface area contributed by atoms with Crippen LogP contribution in [0.3, 0.4) is 0 Å². The molecule has 1 heterocycles. The molecule has 22 heavy (non-hydrogen) atoms. The van der Waals surface area contributed by atoms with Crippen molar-refractivity contribution < 1.29 is 4.79 Å². The normalized spacial score (nSPS) is 11.8. The first-order chi connectivity index (χ1) is 10.5. The van der Waals surface area contributed by atoms with Crippen LogP contribution < -0.4 is 10.2 Å². The van der Waals surface area contributed by atoms with E-state index in [9.17, 15) is 4.79 Å². The van der Waals surface area contributed by atoms with Crippen LogP contribution in [-0.2, 0) is 0 Å². The molecule has 0 saturated carbocycles. The number of nitrogens with zero attached hydrogens (tertiary/aromatic N) is 3. The van der Waals surface area contributed by atoms with Crippen molar-refractivity contribution >= 4 is 11.7 Å². The molecule has 0 radical (unpaired) electrons. The summed E-state index contributed by atoms with van der Waals surface area (Å²) < 4.78 is 0. The number of hydrogen-bond acceptors (Lipinski definition) is 4. The standard InChI is InChI=1S/C17H22N4O/c1-5-12(2)19-17(22)14-11-18-15(20-16(14)21(3)4)13-9-7-6-8-10-13/h6-12H,5H2,1-4H3,(H,19,22). The third-order valence-electron chi connectivity index (χ3n) is 3.46. The number of carbonyl (C=O) groups is 1. The van der Waals surface area contributed by atoms with Gasteiger partial charge in [0.1, 0.15) is 11.4 Å². The third-order valence-corrected chi connectivity index (χ3v) is 3.46. The second-order valence-corrected chi connectivity index (χ2v) is 5.47. The molecule has 0 saturated heterocycles. The molecular weight excluding hydrogens is 276 g/mol. The summed E-state index contributed by atoms with van der Waals surface area (Å²) in [5.74, 6) is 1.09. The Labute approximate surface area is 131 Å². The maximum Gasteiger partial charge on any atom is 0.256 e. The fourth-order valence-corrected chi connectivity index (χ4v) is 2.00. The molecule has 0 fully saturated rings. The van der Waals surface area contributed by atoms with Gasteiger partial charge in [-0.2, -0.15) is 0 Å². The summed E-state index contributed by atoms with van der Waals surface area (Å²) in [7, 11) is 3.74. The SMILES string of the molecule is CCC(C)NC(=O)c1cnc(-c2ccccc2)nc1N(C)C. The van der Waals surface area contributed by atoms with E-state index < -0.39 is 0 Å². The van der Waals surface area contributed by atoms with Crippen molar-refractivity contribution in [3.63, 3.8) is 0 Å². The van der Waals surface area contributed by atoms with E-state index in [1.807, 2.05) is 63.2 Å². The van der Waals surface area contributed by atoms with E-state index in [0.717, 1.165) is 12.0 Å². The van der Waals surface area contributed by atoms with E-state index in [2.05, 4.69) is 15.3 Å². The lowest BCUT2D eigenvalue weighted by Gasteiger charge is -2.18. The van der Waals surface area contributed by atoms with Crippen LogP contribution in [0.4, 0.5) is 5.82 Å². The van der Waals surface area contributed by atoms with Gasteiger partial charge < -0.3 is 10.2 Å². The summed E-state index contributed by atoms with van der Waals surface area (Å²) in [6.07, 6.45) is 2.48. The zero-order valence-electron chi connectivity index (χ0n) is 13.5. The second-order valence-electron chi connectivity index (χ2n) is 5.47. The smallest absolute Gasteiger partial charge is 0.256 e. The highest BCUT2D eigenvalue weighted by Gasteiger charge is 2.18. The van der Waals surface area contributed by atoms with E-state index in [1.165, 1.54) is 0 Å². The molecule has 2 aromatic rings. The molecule has 0 aliphatic heterocycles. The van der Waals surface area contributed by atoms with Crippen molar-refractivity contribution in [2.45, 2.75) is 26.3 Å². The Morgan fingerprint density at radius 3 is 2.55 bits per heavy atom. The van der Waals surface area contributed by atoms with E-state index in [4.69, 9.17) is 0 Å². The highest BCUT2D eigenvalue weighted by molar-refractivity contribution is 5.99. The second kappa shape index (κ2) is 7.02. The molecule has 5 nitrogen and oxygen atoms in total. The predicted octanol–water partition coefficient (Wildman–Crippen LogP) is 2.74. The van der Waals surface area contributed by atoms with Crippen molar-refractivity contribution in [2.75, 3.05) is 19.0 Å². The fraction of sp³-hybridized carbons (Fsp3) is 0.353. The summed E-state index contributed by atoms with van der Waals surface area (Å²) >= 11 is 0. The molecule has 0 bridgehead atoms. The molecule has 2 rings (SSSR count). The largest absolute Gasteiger partial charge is 0.362 e. The molecule has 1 unspecified atom stereocenters. The van der Waals surface area contributed by atoms with Crippen LogP contribution in [0.1, 0.15) is 30.6 Å². The maximum absolute atomic E-state index is 12.4. The number of hydrogen-bond donors (Lipinski definition) is 1. The van der Waals surface area contributed by atoms with E-state index >= 15 is 0 Å². The van der Waals surface area contributed by atoms with Gasteiger partial charge in [-0.25, -0.2) is 9.97 Å². The Kier molecular flexibility index (Phi) is 5.09. The van der Waals surface area contributed by atoms with Gasteiger partial charge in [0.15, 0.2) is 5.82 Å². The van der Waals surface area contributed by atoms with Gasteiger partial charge in [-0.1, -0.05) is 37.3 Å². The van der Waals surface area contributed by atoms with Crippen LogP contribution in [-0.4, -0.2) is 36.0 Å². The van der Waals surface area contributed by atoms with Crippen LogP contribution >= 0.6 is 0 Å². The van der Waals surface area contributed by atoms with Crippen molar-refractivity contribution in [3.05, 3.63) is 42.1 Å². The topological polar surface area (TPSA) is 58.1 Å². The van der Waals surface area contributed by atoms with Gasteiger partial charge in [0, 0.05) is 31.9 Å². The predicted molar refractivity (Wildman–Crippen MR) is 89.0 cm³/mol. The average molecular weight is 298 g/mol. The Morgan fingerprint density at radius 2 is 1.95 bits per heavy atom. The van der Waals surface area contributed by atoms with Crippen LogP contribution in [0.15, 0.2) is 36.5 Å². The lowest BCUT2D eigenvalue weighted by atomic mass is 10.2. The molecule has 1 aromatic heterocycles. The van der Waals surface area contributed by atoms with Gasteiger partial charge in [0.05, 0.1) is 0 Å². The number of carbonyl (C=O) groups excluding carboxylic acids is 1. The third kappa shape index (κ3) is 3.61. The maximum atomic E-state index is 12.4. The molecule has 0 aliphatic rings. The average Bonchev–Trinajstić information content (AvgIpc) is 2.54. The molecule has 5 heteroatoms. The molecule has 0 aliphatic carbocycles. The molecule has 1 N–H and O–H groups in total. The molecule has 1 atom stereocenters. The van der Waals surface area contributed by atoms with Crippen molar-refractivity contribution in [2.24, 2.45) is 0 Å². The van der Waals surface area contributed by atoms with Crippen LogP contribution in [0.25, 0.3) is 11.4 Å². The molecule has 116 valence electrons. The zero-order valence-corrected chi connectivity index (χ0v) is 13.5. The molecule has 0 spiro atoms. The first-order valence-corrected chi connectivity index (χ1v) is 7.43. The first kappa shape index (κ1) is 15.9. The number of anilines is 1. The molecule has 1 aromatic carbocycles. The fourth-order valence-electron chi connectivity index (χ4n) is 2.00. The molecular formula is C17H22N4O. The van der Waals surface area contributed by atoms with Crippen molar-refractivity contribution in [1.82, 2.24) is 15.3 Å². The van der Waals surface area contributed by atoms with E-state index in [-0.39, 0.29) is 11.9 Å². The first-order valence-electron chi connectivity index (χ1n) is 7.43. The number of aromatic nitrogens is 2. The highest BCUT2D eigenvalue weighted by Crippen LogP contribution is 2.21. The van der Waals surface area contributed by atoms with Crippen LogP contribution in [0.2, 0.25) is 0 Å². The van der Waals surface area contributed by atoms with Crippen LogP contribution in [0.5, 0.6) is 0 Å². The summed E-state index contributed by atoms with van der Waals surface area (Å²) in [6, 6.07) is 9.86. The van der Waals surface area contributed by atoms with Gasteiger partial charge in [-0.3, -0.25) is 4.79 Å². The summed E-state index contributed by atoms with van der Waals surface area (Å²) in [5, 5.41) is 2.95. The summed E-state index contributed by atoms with van der Waals surface area (Å²) in [4.78, 5) is 23.1. The highest BCUT2D eigenvalue weighted by atomic mass is 16.1. The Hall–Kier alpha value is -2.43. The Balaban J connectivity index is 2.38. The van der Waals surface area contributed by atoms with Gasteiger partial charge in [0.25, 0.3) is 5.91 Å². The minimum atomic E-state index is -0.141. The minimum absolute atomic E-state index is 0.122. The van der Waals surface area contributed by atoms with Gasteiger partial charge in [0.2, 0.25) is 0 Å². The van der Waals surface area contributed by atoms with Crippen molar-refractivity contribution in [3.8, 4) is 11.4 Å². The van der Waals surface area contributed by atoms with E-state index in [1.54, 1.807) is 6.20 Å². The summed E-state index contributed by atoms with van der Waals surface area (Å²) in [5.41, 5.74) is 1.42. The lowest BCUT2D eigenvalue weighted by molar-refractivity contribution is 0.0939. The van der Waals surface area contributed by atoms with E-state index in [0.29, 0.717) is 17.2 Å². The monoisotopic (exact) mass is 298 g/mol. The molecule has 1 amide bonds. The number of amides is 1. The van der Waals surface area contributed by atoms with Crippen LogP contribution in [0, 0.1) is 0 Å². The summed E-state index contributed by atoms with van der Waals surface area (Å²) in [6.45, 7) is 4.01. The lowest BCUT2D eigenvalue weighted by Crippen LogP contribution is -2.33. The van der Waals surface area contributed by atoms with Gasteiger partial charge in [-0.15, -0.1) is 0 Å². The van der Waals surface area contributed by atoms with Gasteiger partial charge >= 0.3 is 0 Å². The number of nitrogens with one attached hydrogen (secondary N) is 1. The number of benzene rings is 1. The number of rotatable bonds is 5. The quantitative estimate of drug-likeness (QED) is 0.922. The minimum Gasteiger partial charge on any atom is -0.362 e. The Bertz CT molecular complexity index is 640. The van der Waals surface area contributed by atoms with Gasteiger partial charge in [-0.05, 0) is 13.3 Å². The zero-order chi connectivity index (χ0) is 16.1. The van der Waals surface area contributed by atoms with Crippen molar-refractivity contribution in [1.29, 1.82) is 0 Å². The Morgan fingerprint density at radius 1 is 1.27 bits per heavy atom.